The highest BCUT2D eigenvalue weighted by atomic mass is 33.1. The van der Waals surface area contributed by atoms with Gasteiger partial charge in [-0.2, -0.15) is 0 Å². The predicted octanol–water partition coefficient (Wildman–Crippen LogP) is 3.22. The Hall–Kier alpha value is 0.130. The van der Waals surface area contributed by atoms with Gasteiger partial charge in [-0.1, -0.05) is 48.3 Å². The van der Waals surface area contributed by atoms with Gasteiger partial charge in [-0.15, -0.1) is 0 Å². The normalized spacial score (nSPS) is 22.2. The summed E-state index contributed by atoms with van der Waals surface area (Å²) in [6.07, 6.45) is 6.23. The van der Waals surface area contributed by atoms with E-state index in [1.807, 2.05) is 21.6 Å². The molecule has 0 saturated carbocycles. The van der Waals surface area contributed by atoms with E-state index >= 15 is 0 Å². The first-order chi connectivity index (χ1) is 9.17. The monoisotopic (exact) mass is 305 g/mol. The molecule has 0 aliphatic carbocycles. The minimum atomic E-state index is -0.0840. The first kappa shape index (κ1) is 17.2. The Kier molecular flexibility index (Phi) is 8.99. The maximum atomic E-state index is 11.8. The highest BCUT2D eigenvalue weighted by molar-refractivity contribution is 8.77. The number of rotatable bonds is 9. The lowest BCUT2D eigenvalue weighted by Crippen LogP contribution is -2.41. The number of amides is 1. The Morgan fingerprint density at radius 2 is 2.26 bits per heavy atom. The first-order valence-corrected chi connectivity index (χ1v) is 9.74. The summed E-state index contributed by atoms with van der Waals surface area (Å²) in [5.74, 6) is 1.71. The predicted molar refractivity (Wildman–Crippen MR) is 85.4 cm³/mol. The number of hydrogen-bond acceptors (Lipinski definition) is 4. The molecule has 5 heteroatoms. The Morgan fingerprint density at radius 1 is 1.47 bits per heavy atom. The highest BCUT2D eigenvalue weighted by Crippen LogP contribution is 2.39. The molecule has 0 bridgehead atoms. The summed E-state index contributed by atoms with van der Waals surface area (Å²) in [6, 6.07) is -0.0840. The van der Waals surface area contributed by atoms with E-state index in [-0.39, 0.29) is 18.6 Å². The average molecular weight is 306 g/mol. The number of carbonyl (C=O) groups is 1. The number of unbranched alkanes of at least 4 members (excludes halogenated alkanes) is 1. The summed E-state index contributed by atoms with van der Waals surface area (Å²) in [5.41, 5.74) is 0. The summed E-state index contributed by atoms with van der Waals surface area (Å²) in [5, 5.41) is 13.0. The molecule has 3 nitrogen and oxygen atoms in total. The van der Waals surface area contributed by atoms with Gasteiger partial charge in [0.05, 0.1) is 12.6 Å². The van der Waals surface area contributed by atoms with Gasteiger partial charge in [0, 0.05) is 17.4 Å². The van der Waals surface area contributed by atoms with Crippen molar-refractivity contribution < 1.29 is 9.90 Å². The number of hydrogen-bond donors (Lipinski definition) is 2. The van der Waals surface area contributed by atoms with Crippen molar-refractivity contribution in [3.8, 4) is 0 Å². The largest absolute Gasteiger partial charge is 0.394 e. The third kappa shape index (κ3) is 6.91. The van der Waals surface area contributed by atoms with Gasteiger partial charge in [0.25, 0.3) is 0 Å². The van der Waals surface area contributed by atoms with E-state index in [1.54, 1.807) is 0 Å². The van der Waals surface area contributed by atoms with Crippen LogP contribution in [0.4, 0.5) is 0 Å². The van der Waals surface area contributed by atoms with E-state index < -0.39 is 0 Å². The van der Waals surface area contributed by atoms with Crippen LogP contribution in [0.5, 0.6) is 0 Å². The van der Waals surface area contributed by atoms with Gasteiger partial charge >= 0.3 is 0 Å². The molecule has 1 aliphatic heterocycles. The zero-order chi connectivity index (χ0) is 14.1. The van der Waals surface area contributed by atoms with Crippen LogP contribution in [-0.2, 0) is 4.79 Å². The van der Waals surface area contributed by atoms with Crippen LogP contribution in [0.25, 0.3) is 0 Å². The van der Waals surface area contributed by atoms with E-state index in [9.17, 15) is 9.90 Å². The number of aliphatic hydroxyl groups is 1. The Balaban J connectivity index is 2.09. The molecule has 3 atom stereocenters. The lowest BCUT2D eigenvalue weighted by molar-refractivity contribution is -0.122. The Labute approximate surface area is 125 Å². The SMILES string of the molecule is CCC(C)C(CO)NC(=O)CCCCC1CCSS1. The maximum Gasteiger partial charge on any atom is 0.220 e. The molecule has 0 aromatic rings. The molecular formula is C14H27NO2S2. The number of nitrogens with one attached hydrogen (secondary N) is 1. The molecule has 19 heavy (non-hydrogen) atoms. The van der Waals surface area contributed by atoms with Crippen molar-refractivity contribution in [1.82, 2.24) is 5.32 Å². The third-order valence-electron chi connectivity index (χ3n) is 3.78. The molecule has 0 radical (unpaired) electrons. The molecule has 1 heterocycles. The van der Waals surface area contributed by atoms with E-state index in [1.165, 1.54) is 18.6 Å². The minimum absolute atomic E-state index is 0.0384. The van der Waals surface area contributed by atoms with Gasteiger partial charge in [-0.3, -0.25) is 4.79 Å². The van der Waals surface area contributed by atoms with Gasteiger partial charge in [-0.05, 0) is 25.2 Å². The fourth-order valence-electron chi connectivity index (χ4n) is 2.15. The van der Waals surface area contributed by atoms with Crippen LogP contribution in [0, 0.1) is 5.92 Å². The van der Waals surface area contributed by atoms with Crippen LogP contribution in [0.3, 0.4) is 0 Å². The lowest BCUT2D eigenvalue weighted by atomic mass is 9.99. The van der Waals surface area contributed by atoms with Crippen molar-refractivity contribution in [2.75, 3.05) is 12.4 Å². The third-order valence-corrected chi connectivity index (χ3v) is 6.79. The summed E-state index contributed by atoms with van der Waals surface area (Å²) in [7, 11) is 3.98. The van der Waals surface area contributed by atoms with Gasteiger partial charge in [-0.25, -0.2) is 0 Å². The van der Waals surface area contributed by atoms with Crippen molar-refractivity contribution in [2.24, 2.45) is 5.92 Å². The molecule has 0 aromatic heterocycles. The topological polar surface area (TPSA) is 49.3 Å². The fraction of sp³-hybridized carbons (Fsp3) is 0.929. The van der Waals surface area contributed by atoms with Crippen LogP contribution < -0.4 is 5.32 Å². The summed E-state index contributed by atoms with van der Waals surface area (Å²) >= 11 is 0. The van der Waals surface area contributed by atoms with Gasteiger partial charge in [0.15, 0.2) is 0 Å². The van der Waals surface area contributed by atoms with E-state index in [0.29, 0.717) is 12.3 Å². The van der Waals surface area contributed by atoms with E-state index in [0.717, 1.165) is 24.5 Å². The first-order valence-electron chi connectivity index (χ1n) is 7.35. The number of carbonyl (C=O) groups excluding carboxylic acids is 1. The van der Waals surface area contributed by atoms with Crippen molar-refractivity contribution in [1.29, 1.82) is 0 Å². The fourth-order valence-corrected chi connectivity index (χ4v) is 5.18. The molecule has 2 N–H and O–H groups in total. The van der Waals surface area contributed by atoms with Crippen LogP contribution in [0.2, 0.25) is 0 Å². The van der Waals surface area contributed by atoms with Crippen molar-refractivity contribution in [2.45, 2.75) is 63.7 Å². The maximum absolute atomic E-state index is 11.8. The summed E-state index contributed by atoms with van der Waals surface area (Å²) < 4.78 is 0. The molecule has 1 amide bonds. The van der Waals surface area contributed by atoms with Crippen molar-refractivity contribution in [3.63, 3.8) is 0 Å². The molecular weight excluding hydrogens is 278 g/mol. The molecule has 1 fully saturated rings. The highest BCUT2D eigenvalue weighted by Gasteiger charge is 2.18. The lowest BCUT2D eigenvalue weighted by Gasteiger charge is -2.22. The molecule has 112 valence electrons. The second kappa shape index (κ2) is 9.94. The summed E-state index contributed by atoms with van der Waals surface area (Å²) in [6.45, 7) is 4.18. The second-order valence-electron chi connectivity index (χ2n) is 5.32. The van der Waals surface area contributed by atoms with Gasteiger partial charge in [0.2, 0.25) is 5.91 Å². The van der Waals surface area contributed by atoms with E-state index in [4.69, 9.17) is 0 Å². The van der Waals surface area contributed by atoms with E-state index in [2.05, 4.69) is 19.2 Å². The quantitative estimate of drug-likeness (QED) is 0.507. The van der Waals surface area contributed by atoms with Crippen LogP contribution in [0.1, 0.15) is 52.4 Å². The molecule has 0 spiro atoms. The smallest absolute Gasteiger partial charge is 0.220 e. The Bertz CT molecular complexity index is 258. The zero-order valence-corrected chi connectivity index (χ0v) is 13.7. The standard InChI is InChI=1S/C14H27NO2S2/c1-3-11(2)13(10-16)15-14(17)7-5-4-6-12-8-9-18-19-12/h11-13,16H,3-10H2,1-2H3,(H,15,17). The molecule has 1 rings (SSSR count). The van der Waals surface area contributed by atoms with Gasteiger partial charge < -0.3 is 10.4 Å². The minimum Gasteiger partial charge on any atom is -0.394 e. The average Bonchev–Trinajstić information content (AvgIpc) is 2.93. The van der Waals surface area contributed by atoms with Crippen LogP contribution >= 0.6 is 21.6 Å². The molecule has 1 saturated heterocycles. The number of aliphatic hydroxyl groups excluding tert-OH is 1. The summed E-state index contributed by atoms with van der Waals surface area (Å²) in [4.78, 5) is 11.8. The zero-order valence-electron chi connectivity index (χ0n) is 12.1. The van der Waals surface area contributed by atoms with Crippen molar-refractivity contribution >= 4 is 27.5 Å². The van der Waals surface area contributed by atoms with Gasteiger partial charge in [0.1, 0.15) is 0 Å². The molecule has 1 aliphatic rings. The van der Waals surface area contributed by atoms with Crippen LogP contribution in [0.15, 0.2) is 0 Å². The molecule has 3 unspecified atom stereocenters. The van der Waals surface area contributed by atoms with Crippen LogP contribution in [-0.4, -0.2) is 34.7 Å². The van der Waals surface area contributed by atoms with Crippen molar-refractivity contribution in [3.05, 3.63) is 0 Å². The molecule has 0 aromatic carbocycles. The Morgan fingerprint density at radius 3 is 2.84 bits per heavy atom. The second-order valence-corrected chi connectivity index (χ2v) is 8.10.